The van der Waals surface area contributed by atoms with Gasteiger partial charge < -0.3 is 19.8 Å². The van der Waals surface area contributed by atoms with E-state index in [4.69, 9.17) is 15.2 Å². The number of nitrogens with two attached hydrogens (primary N) is 1. The van der Waals surface area contributed by atoms with Gasteiger partial charge >= 0.3 is 5.97 Å². The smallest absolute Gasteiger partial charge is 0.344 e. The van der Waals surface area contributed by atoms with E-state index in [1.54, 1.807) is 6.33 Å². The molecule has 0 bridgehead atoms. The first kappa shape index (κ1) is 17.3. The SMILES string of the molecule is Nc1ncnc2c1ncn2CCCOC(=O)COc1ccc2c(c1)CCC2. The van der Waals surface area contributed by atoms with Gasteiger partial charge in [0.25, 0.3) is 0 Å². The molecule has 1 aliphatic carbocycles. The molecule has 0 atom stereocenters. The van der Waals surface area contributed by atoms with E-state index in [1.165, 1.54) is 23.9 Å². The molecular weight excluding hydrogens is 346 g/mol. The topological polar surface area (TPSA) is 105 Å². The van der Waals surface area contributed by atoms with E-state index in [0.29, 0.717) is 36.6 Å². The van der Waals surface area contributed by atoms with Crippen molar-refractivity contribution in [1.29, 1.82) is 0 Å². The lowest BCUT2D eigenvalue weighted by molar-refractivity contribution is -0.146. The fourth-order valence-electron chi connectivity index (χ4n) is 3.31. The summed E-state index contributed by atoms with van der Waals surface area (Å²) in [6.07, 6.45) is 7.10. The number of esters is 1. The molecule has 4 rings (SSSR count). The summed E-state index contributed by atoms with van der Waals surface area (Å²) in [6.45, 7) is 0.828. The third-order valence-electron chi connectivity index (χ3n) is 4.66. The molecule has 3 aromatic rings. The van der Waals surface area contributed by atoms with Crippen LogP contribution in [0, 0.1) is 0 Å². The summed E-state index contributed by atoms with van der Waals surface area (Å²) in [4.78, 5) is 24.2. The van der Waals surface area contributed by atoms with Crippen molar-refractivity contribution in [1.82, 2.24) is 19.5 Å². The number of carbonyl (C=O) groups is 1. The maximum absolute atomic E-state index is 11.9. The lowest BCUT2D eigenvalue weighted by Crippen LogP contribution is -2.16. The second kappa shape index (κ2) is 7.61. The van der Waals surface area contributed by atoms with Gasteiger partial charge in [0, 0.05) is 6.54 Å². The highest BCUT2D eigenvalue weighted by Crippen LogP contribution is 2.26. The maximum Gasteiger partial charge on any atom is 0.344 e. The molecule has 2 aromatic heterocycles. The Morgan fingerprint density at radius 1 is 1.19 bits per heavy atom. The summed E-state index contributed by atoms with van der Waals surface area (Å²) >= 11 is 0. The van der Waals surface area contributed by atoms with Crippen LogP contribution in [-0.4, -0.2) is 38.7 Å². The van der Waals surface area contributed by atoms with E-state index >= 15 is 0 Å². The van der Waals surface area contributed by atoms with Crippen molar-refractivity contribution in [2.75, 3.05) is 18.9 Å². The number of ether oxygens (including phenoxy) is 2. The molecule has 2 N–H and O–H groups in total. The predicted octanol–water partition coefficient (Wildman–Crippen LogP) is 1.91. The average molecular weight is 367 g/mol. The largest absolute Gasteiger partial charge is 0.482 e. The Hall–Kier alpha value is -3.16. The third-order valence-corrected chi connectivity index (χ3v) is 4.66. The van der Waals surface area contributed by atoms with Crippen molar-refractivity contribution >= 4 is 23.0 Å². The van der Waals surface area contributed by atoms with E-state index in [-0.39, 0.29) is 12.6 Å². The van der Waals surface area contributed by atoms with E-state index in [1.807, 2.05) is 16.7 Å². The summed E-state index contributed by atoms with van der Waals surface area (Å²) in [5.41, 5.74) is 9.72. The molecule has 140 valence electrons. The van der Waals surface area contributed by atoms with Gasteiger partial charge in [0.05, 0.1) is 12.9 Å². The minimum atomic E-state index is -0.377. The molecule has 0 fully saturated rings. The Bertz CT molecular complexity index is 969. The molecule has 0 saturated carbocycles. The van der Waals surface area contributed by atoms with Gasteiger partial charge in [-0.2, -0.15) is 0 Å². The molecule has 0 amide bonds. The zero-order valence-corrected chi connectivity index (χ0v) is 14.9. The zero-order chi connectivity index (χ0) is 18.6. The molecule has 1 aliphatic rings. The summed E-state index contributed by atoms with van der Waals surface area (Å²) < 4.78 is 12.6. The van der Waals surface area contributed by atoms with Crippen molar-refractivity contribution in [3.05, 3.63) is 42.0 Å². The van der Waals surface area contributed by atoms with Crippen LogP contribution in [0.2, 0.25) is 0 Å². The van der Waals surface area contributed by atoms with Crippen LogP contribution >= 0.6 is 0 Å². The number of hydrogen-bond donors (Lipinski definition) is 1. The predicted molar refractivity (Wildman–Crippen MR) is 99.3 cm³/mol. The van der Waals surface area contributed by atoms with Gasteiger partial charge in [0.1, 0.15) is 17.6 Å². The average Bonchev–Trinajstić information content (AvgIpc) is 3.31. The summed E-state index contributed by atoms with van der Waals surface area (Å²) in [5.74, 6) is 0.696. The van der Waals surface area contributed by atoms with Crippen LogP contribution in [-0.2, 0) is 28.9 Å². The van der Waals surface area contributed by atoms with Gasteiger partial charge in [0.2, 0.25) is 0 Å². The number of imidazole rings is 1. The van der Waals surface area contributed by atoms with Crippen molar-refractivity contribution in [2.24, 2.45) is 0 Å². The molecule has 0 saturated heterocycles. The fourth-order valence-corrected chi connectivity index (χ4v) is 3.31. The molecular formula is C19H21N5O3. The van der Waals surface area contributed by atoms with Crippen molar-refractivity contribution in [2.45, 2.75) is 32.2 Å². The summed E-state index contributed by atoms with van der Waals surface area (Å²) in [6, 6.07) is 6.01. The van der Waals surface area contributed by atoms with E-state index < -0.39 is 0 Å². The number of nitrogens with zero attached hydrogens (tertiary/aromatic N) is 4. The summed E-state index contributed by atoms with van der Waals surface area (Å²) in [7, 11) is 0. The number of anilines is 1. The van der Waals surface area contributed by atoms with Crippen molar-refractivity contribution in [3.8, 4) is 5.75 Å². The van der Waals surface area contributed by atoms with E-state index in [0.717, 1.165) is 18.6 Å². The van der Waals surface area contributed by atoms with Crippen molar-refractivity contribution < 1.29 is 14.3 Å². The molecule has 8 heteroatoms. The zero-order valence-electron chi connectivity index (χ0n) is 14.9. The molecule has 0 radical (unpaired) electrons. The normalized spacial score (nSPS) is 12.9. The van der Waals surface area contributed by atoms with E-state index in [9.17, 15) is 4.79 Å². The van der Waals surface area contributed by atoms with Crippen LogP contribution in [0.5, 0.6) is 5.75 Å². The molecule has 0 spiro atoms. The van der Waals surface area contributed by atoms with Crippen LogP contribution in [0.3, 0.4) is 0 Å². The number of aromatic nitrogens is 4. The van der Waals surface area contributed by atoms with Crippen LogP contribution in [0.1, 0.15) is 24.0 Å². The Morgan fingerprint density at radius 3 is 3.00 bits per heavy atom. The Balaban J connectivity index is 1.21. The summed E-state index contributed by atoms with van der Waals surface area (Å²) in [5, 5.41) is 0. The number of carbonyl (C=O) groups excluding carboxylic acids is 1. The first-order valence-electron chi connectivity index (χ1n) is 9.02. The van der Waals surface area contributed by atoms with Crippen LogP contribution in [0.25, 0.3) is 11.2 Å². The van der Waals surface area contributed by atoms with Crippen molar-refractivity contribution in [3.63, 3.8) is 0 Å². The molecule has 2 heterocycles. The van der Waals surface area contributed by atoms with Crippen LogP contribution in [0.15, 0.2) is 30.9 Å². The second-order valence-electron chi connectivity index (χ2n) is 6.52. The van der Waals surface area contributed by atoms with Crippen LogP contribution in [0.4, 0.5) is 5.82 Å². The first-order chi connectivity index (χ1) is 13.2. The highest BCUT2D eigenvalue weighted by Gasteiger charge is 2.12. The molecule has 0 aliphatic heterocycles. The molecule has 0 unspecified atom stereocenters. The Morgan fingerprint density at radius 2 is 2.07 bits per heavy atom. The lowest BCUT2D eigenvalue weighted by atomic mass is 10.1. The molecule has 1 aromatic carbocycles. The Labute approximate surface area is 156 Å². The monoisotopic (exact) mass is 367 g/mol. The van der Waals surface area contributed by atoms with Gasteiger partial charge in [-0.05, 0) is 48.9 Å². The standard InChI is InChI=1S/C19H21N5O3/c20-18-17-19(22-11-21-18)24(12-23-17)7-2-8-26-16(25)10-27-15-6-5-13-3-1-4-14(13)9-15/h5-6,9,11-12H,1-4,7-8,10H2,(H2,20,21,22). The number of fused-ring (bicyclic) bond motifs is 2. The van der Waals surface area contributed by atoms with E-state index in [2.05, 4.69) is 21.0 Å². The maximum atomic E-state index is 11.9. The van der Waals surface area contributed by atoms with Gasteiger partial charge in [-0.25, -0.2) is 19.7 Å². The van der Waals surface area contributed by atoms with Gasteiger partial charge in [-0.3, -0.25) is 0 Å². The number of aryl methyl sites for hydroxylation is 3. The lowest BCUT2D eigenvalue weighted by Gasteiger charge is -2.09. The highest BCUT2D eigenvalue weighted by atomic mass is 16.6. The van der Waals surface area contributed by atoms with Gasteiger partial charge in [-0.15, -0.1) is 0 Å². The Kier molecular flexibility index (Phi) is 4.86. The van der Waals surface area contributed by atoms with Gasteiger partial charge in [0.15, 0.2) is 18.1 Å². The number of nitrogen functional groups attached to an aromatic ring is 1. The highest BCUT2D eigenvalue weighted by molar-refractivity contribution is 5.81. The number of hydrogen-bond acceptors (Lipinski definition) is 7. The fraction of sp³-hybridized carbons (Fsp3) is 0.368. The molecule has 27 heavy (non-hydrogen) atoms. The third kappa shape index (κ3) is 3.84. The van der Waals surface area contributed by atoms with Gasteiger partial charge in [-0.1, -0.05) is 6.07 Å². The number of benzene rings is 1. The minimum Gasteiger partial charge on any atom is -0.482 e. The second-order valence-corrected chi connectivity index (χ2v) is 6.52. The quantitative estimate of drug-likeness (QED) is 0.502. The minimum absolute atomic E-state index is 0.0868. The first-order valence-corrected chi connectivity index (χ1v) is 9.02. The molecule has 8 nitrogen and oxygen atoms in total. The van der Waals surface area contributed by atoms with Crippen LogP contribution < -0.4 is 10.5 Å². The number of rotatable bonds is 7.